The highest BCUT2D eigenvalue weighted by atomic mass is 16.5. The molecule has 0 saturated heterocycles. The lowest BCUT2D eigenvalue weighted by Crippen LogP contribution is -1.99. The van der Waals surface area contributed by atoms with E-state index in [-0.39, 0.29) is 0 Å². The maximum Gasteiger partial charge on any atom is 0.162 e. The average molecular weight is 245 g/mol. The zero-order valence-electron chi connectivity index (χ0n) is 10.3. The van der Waals surface area contributed by atoms with Gasteiger partial charge in [0.25, 0.3) is 0 Å². The van der Waals surface area contributed by atoms with Crippen molar-refractivity contribution in [2.24, 2.45) is 0 Å². The monoisotopic (exact) mass is 245 g/mol. The molecule has 0 amide bonds. The molecule has 0 aliphatic rings. The fourth-order valence-corrected chi connectivity index (χ4v) is 1.59. The lowest BCUT2D eigenvalue weighted by atomic mass is 10.2. The van der Waals surface area contributed by atoms with Gasteiger partial charge in [0.2, 0.25) is 0 Å². The lowest BCUT2D eigenvalue weighted by molar-refractivity contribution is 0.355. The van der Waals surface area contributed by atoms with Gasteiger partial charge in [0, 0.05) is 18.0 Å². The van der Waals surface area contributed by atoms with Crippen LogP contribution in [0.5, 0.6) is 11.5 Å². The molecule has 1 aromatic carbocycles. The minimum atomic E-state index is 0.451. The molecule has 0 saturated carbocycles. The number of aromatic nitrogens is 1. The van der Waals surface area contributed by atoms with Crippen LogP contribution < -0.4 is 20.5 Å². The molecule has 0 radical (unpaired) electrons. The Kier molecular flexibility index (Phi) is 3.52. The van der Waals surface area contributed by atoms with Crippen molar-refractivity contribution >= 4 is 17.2 Å². The van der Waals surface area contributed by atoms with E-state index in [2.05, 4.69) is 10.3 Å². The van der Waals surface area contributed by atoms with Gasteiger partial charge in [0.1, 0.15) is 5.82 Å². The fraction of sp³-hybridized carbons (Fsp3) is 0.154. The Balaban J connectivity index is 2.27. The zero-order valence-corrected chi connectivity index (χ0v) is 10.3. The van der Waals surface area contributed by atoms with Gasteiger partial charge in [-0.2, -0.15) is 0 Å². The Labute approximate surface area is 106 Å². The van der Waals surface area contributed by atoms with E-state index >= 15 is 0 Å². The number of ether oxygens (including phenoxy) is 2. The van der Waals surface area contributed by atoms with Gasteiger partial charge in [-0.25, -0.2) is 4.98 Å². The molecule has 0 fully saturated rings. The number of nitrogen functional groups attached to an aromatic ring is 1. The topological polar surface area (TPSA) is 69.4 Å². The van der Waals surface area contributed by atoms with Gasteiger partial charge in [-0.1, -0.05) is 0 Å². The van der Waals surface area contributed by atoms with E-state index in [9.17, 15) is 0 Å². The second-order valence-corrected chi connectivity index (χ2v) is 3.63. The highest BCUT2D eigenvalue weighted by Crippen LogP contribution is 2.31. The predicted molar refractivity (Wildman–Crippen MR) is 71.5 cm³/mol. The zero-order chi connectivity index (χ0) is 13.0. The number of pyridine rings is 1. The van der Waals surface area contributed by atoms with Crippen LogP contribution in [-0.4, -0.2) is 19.2 Å². The maximum atomic E-state index is 5.77. The van der Waals surface area contributed by atoms with Gasteiger partial charge in [0.05, 0.1) is 19.9 Å². The van der Waals surface area contributed by atoms with Crippen LogP contribution in [0.25, 0.3) is 0 Å². The smallest absolute Gasteiger partial charge is 0.162 e. The summed E-state index contributed by atoms with van der Waals surface area (Å²) in [6.45, 7) is 0. The molecule has 1 aromatic heterocycles. The van der Waals surface area contributed by atoms with Crippen LogP contribution in [0.2, 0.25) is 0 Å². The second-order valence-electron chi connectivity index (χ2n) is 3.63. The van der Waals surface area contributed by atoms with Gasteiger partial charge in [-0.3, -0.25) is 0 Å². The molecule has 1 heterocycles. The number of benzene rings is 1. The van der Waals surface area contributed by atoms with Crippen molar-refractivity contribution < 1.29 is 9.47 Å². The molecule has 3 N–H and O–H groups in total. The molecule has 0 spiro atoms. The molecule has 18 heavy (non-hydrogen) atoms. The molecule has 0 unspecified atom stereocenters. The minimum absolute atomic E-state index is 0.451. The molecular formula is C13H15N3O2. The molecule has 0 bridgehead atoms. The van der Waals surface area contributed by atoms with Gasteiger partial charge >= 0.3 is 0 Å². The third-order valence-corrected chi connectivity index (χ3v) is 2.50. The van der Waals surface area contributed by atoms with Crippen LogP contribution in [0.4, 0.5) is 17.2 Å². The van der Waals surface area contributed by atoms with Gasteiger partial charge < -0.3 is 20.5 Å². The van der Waals surface area contributed by atoms with Crippen molar-refractivity contribution in [3.63, 3.8) is 0 Å². The third kappa shape index (κ3) is 2.45. The first-order chi connectivity index (χ1) is 8.74. The van der Waals surface area contributed by atoms with Crippen molar-refractivity contribution in [1.29, 1.82) is 0 Å². The largest absolute Gasteiger partial charge is 0.493 e. The molecule has 0 aliphatic heterocycles. The molecule has 5 heteroatoms. The van der Waals surface area contributed by atoms with Gasteiger partial charge in [0.15, 0.2) is 11.5 Å². The maximum absolute atomic E-state index is 5.77. The van der Waals surface area contributed by atoms with Crippen molar-refractivity contribution in [2.45, 2.75) is 0 Å². The van der Waals surface area contributed by atoms with Gasteiger partial charge in [-0.15, -0.1) is 0 Å². The Hall–Kier alpha value is -2.43. The number of hydrogen-bond donors (Lipinski definition) is 2. The standard InChI is InChI=1S/C13H15N3O2/c1-17-11-6-5-9(8-12(11)18-2)16-10-4-3-7-15-13(10)14/h3-8,16H,1-2H3,(H2,14,15). The summed E-state index contributed by atoms with van der Waals surface area (Å²) < 4.78 is 10.4. The number of nitrogens with one attached hydrogen (secondary N) is 1. The lowest BCUT2D eigenvalue weighted by Gasteiger charge is -2.12. The van der Waals surface area contributed by atoms with Crippen molar-refractivity contribution in [3.05, 3.63) is 36.5 Å². The third-order valence-electron chi connectivity index (χ3n) is 2.50. The Morgan fingerprint density at radius 3 is 2.56 bits per heavy atom. The number of anilines is 3. The molecule has 2 aromatic rings. The predicted octanol–water partition coefficient (Wildman–Crippen LogP) is 2.42. The van der Waals surface area contributed by atoms with E-state index < -0.39 is 0 Å². The fourth-order valence-electron chi connectivity index (χ4n) is 1.59. The van der Waals surface area contributed by atoms with Crippen LogP contribution in [-0.2, 0) is 0 Å². The van der Waals surface area contributed by atoms with E-state index in [1.165, 1.54) is 0 Å². The Morgan fingerprint density at radius 1 is 1.11 bits per heavy atom. The number of nitrogens with zero attached hydrogens (tertiary/aromatic N) is 1. The molecule has 2 rings (SSSR count). The van der Waals surface area contributed by atoms with Crippen LogP contribution in [0.15, 0.2) is 36.5 Å². The summed E-state index contributed by atoms with van der Waals surface area (Å²) >= 11 is 0. The van der Waals surface area contributed by atoms with E-state index in [1.807, 2.05) is 30.3 Å². The molecule has 0 aliphatic carbocycles. The van der Waals surface area contributed by atoms with E-state index in [0.29, 0.717) is 17.3 Å². The van der Waals surface area contributed by atoms with E-state index in [0.717, 1.165) is 11.4 Å². The van der Waals surface area contributed by atoms with Crippen molar-refractivity contribution in [3.8, 4) is 11.5 Å². The number of nitrogens with two attached hydrogens (primary N) is 1. The normalized spacial score (nSPS) is 9.89. The van der Waals surface area contributed by atoms with E-state index in [4.69, 9.17) is 15.2 Å². The Bertz CT molecular complexity index is 544. The van der Waals surface area contributed by atoms with Gasteiger partial charge in [-0.05, 0) is 24.3 Å². The summed E-state index contributed by atoms with van der Waals surface area (Å²) in [5.74, 6) is 1.79. The SMILES string of the molecule is COc1ccc(Nc2cccnc2N)cc1OC. The van der Waals surface area contributed by atoms with Crippen molar-refractivity contribution in [2.75, 3.05) is 25.3 Å². The summed E-state index contributed by atoms with van der Waals surface area (Å²) in [6.07, 6.45) is 1.65. The number of methoxy groups -OCH3 is 2. The highest BCUT2D eigenvalue weighted by molar-refractivity contribution is 5.70. The quantitative estimate of drug-likeness (QED) is 0.865. The first-order valence-corrected chi connectivity index (χ1v) is 5.44. The summed E-state index contributed by atoms with van der Waals surface area (Å²) in [5.41, 5.74) is 7.37. The number of hydrogen-bond acceptors (Lipinski definition) is 5. The van der Waals surface area contributed by atoms with Crippen LogP contribution >= 0.6 is 0 Å². The number of rotatable bonds is 4. The highest BCUT2D eigenvalue weighted by Gasteiger charge is 2.05. The first-order valence-electron chi connectivity index (χ1n) is 5.44. The molecule has 94 valence electrons. The summed E-state index contributed by atoms with van der Waals surface area (Å²) in [7, 11) is 3.20. The molecule has 5 nitrogen and oxygen atoms in total. The van der Waals surface area contributed by atoms with Crippen LogP contribution in [0.1, 0.15) is 0 Å². The molecule has 0 atom stereocenters. The first kappa shape index (κ1) is 12.0. The van der Waals surface area contributed by atoms with Crippen LogP contribution in [0, 0.1) is 0 Å². The van der Waals surface area contributed by atoms with E-state index in [1.54, 1.807) is 20.4 Å². The average Bonchev–Trinajstić information content (AvgIpc) is 2.41. The van der Waals surface area contributed by atoms with Crippen molar-refractivity contribution in [1.82, 2.24) is 4.98 Å². The minimum Gasteiger partial charge on any atom is -0.493 e. The Morgan fingerprint density at radius 2 is 1.89 bits per heavy atom. The second kappa shape index (κ2) is 5.27. The van der Waals surface area contributed by atoms with Crippen LogP contribution in [0.3, 0.4) is 0 Å². The summed E-state index contributed by atoms with van der Waals surface area (Å²) in [4.78, 5) is 4.01. The summed E-state index contributed by atoms with van der Waals surface area (Å²) in [6, 6.07) is 9.23. The summed E-state index contributed by atoms with van der Waals surface area (Å²) in [5, 5.41) is 3.18. The molecular weight excluding hydrogens is 230 g/mol.